The van der Waals surface area contributed by atoms with Gasteiger partial charge in [-0.1, -0.05) is 0 Å². The van der Waals surface area contributed by atoms with Crippen LogP contribution in [0.15, 0.2) is 0 Å². The third-order valence-electron chi connectivity index (χ3n) is 0.271. The first kappa shape index (κ1) is 17.3. The van der Waals surface area contributed by atoms with Crippen molar-refractivity contribution in [2.75, 3.05) is 11.5 Å². The van der Waals surface area contributed by atoms with Crippen LogP contribution in [0.4, 0.5) is 0 Å². The number of hydrogen-bond acceptors (Lipinski definition) is 4. The normalized spacial score (nSPS) is 6.73. The van der Waals surface area contributed by atoms with Crippen LogP contribution in [0.5, 0.6) is 0 Å². The van der Waals surface area contributed by atoms with Gasteiger partial charge in [0.05, 0.1) is 11.5 Å². The smallest absolute Gasteiger partial charge is 0.313 e. The Balaban J connectivity index is -0.000000107. The molecule has 1 radical (unpaired) electrons. The Morgan fingerprint density at radius 2 is 1.09 bits per heavy atom. The Bertz CT molecular complexity index is 105. The first-order valence-corrected chi connectivity index (χ1v) is 3.46. The molecule has 0 atom stereocenters. The quantitative estimate of drug-likeness (QED) is 0.409. The van der Waals surface area contributed by atoms with E-state index in [9.17, 15) is 9.59 Å². The third-order valence-corrected chi connectivity index (χ3v) is 0.812. The second-order valence-electron chi connectivity index (χ2n) is 1.10. The minimum Gasteiger partial charge on any atom is -0.481 e. The number of carboxylic acid groups (broad SMARTS) is 2. The van der Waals surface area contributed by atoms with Crippen LogP contribution >= 0.6 is 25.3 Å². The Morgan fingerprint density at radius 3 is 1.09 bits per heavy atom. The molecule has 0 aromatic rings. The van der Waals surface area contributed by atoms with E-state index in [0.717, 1.165) is 0 Å². The molecule has 0 rings (SSSR count). The van der Waals surface area contributed by atoms with Gasteiger partial charge in [0.1, 0.15) is 0 Å². The molecule has 0 spiro atoms. The standard InChI is InChI=1S/2C2H4O2S.Cu/c2*3-2(4)1-5;/h2*5H,1H2,(H,3,4);. The molecule has 2 N–H and O–H groups in total. The summed E-state index contributed by atoms with van der Waals surface area (Å²) in [4.78, 5) is 18.6. The average molecular weight is 248 g/mol. The molecule has 0 amide bonds. The van der Waals surface area contributed by atoms with E-state index in [4.69, 9.17) is 10.2 Å². The Labute approximate surface area is 85.7 Å². The predicted molar refractivity (Wildman–Crippen MR) is 43.0 cm³/mol. The van der Waals surface area contributed by atoms with Crippen molar-refractivity contribution in [1.82, 2.24) is 0 Å². The minimum atomic E-state index is -0.881. The molecule has 0 unspecified atom stereocenters. The van der Waals surface area contributed by atoms with Crippen LogP contribution in [-0.2, 0) is 26.7 Å². The maximum Gasteiger partial charge on any atom is 0.313 e. The number of carboxylic acids is 2. The van der Waals surface area contributed by atoms with Crippen LogP contribution in [0.25, 0.3) is 0 Å². The number of thiol groups is 2. The van der Waals surface area contributed by atoms with Crippen LogP contribution in [-0.4, -0.2) is 33.7 Å². The van der Waals surface area contributed by atoms with Crippen molar-refractivity contribution in [2.45, 2.75) is 0 Å². The van der Waals surface area contributed by atoms with Crippen molar-refractivity contribution in [2.24, 2.45) is 0 Å². The van der Waals surface area contributed by atoms with Gasteiger partial charge in [0.25, 0.3) is 0 Å². The molecule has 11 heavy (non-hydrogen) atoms. The summed E-state index contributed by atoms with van der Waals surface area (Å²) in [5.41, 5.74) is 0. The molecule has 0 saturated carbocycles. The van der Waals surface area contributed by atoms with Crippen molar-refractivity contribution >= 4 is 37.2 Å². The number of hydrogen-bond donors (Lipinski definition) is 4. The summed E-state index contributed by atoms with van der Waals surface area (Å²) in [6.45, 7) is 0. The first-order valence-electron chi connectivity index (χ1n) is 2.20. The van der Waals surface area contributed by atoms with Gasteiger partial charge < -0.3 is 10.2 Å². The summed E-state index contributed by atoms with van der Waals surface area (Å²) in [7, 11) is 0. The maximum absolute atomic E-state index is 9.29. The fraction of sp³-hybridized carbons (Fsp3) is 0.500. The third kappa shape index (κ3) is 39.1. The number of aliphatic carboxylic acids is 2. The van der Waals surface area contributed by atoms with E-state index < -0.39 is 11.9 Å². The molecule has 0 aliphatic carbocycles. The zero-order valence-electron chi connectivity index (χ0n) is 5.32. The van der Waals surface area contributed by atoms with E-state index in [1.165, 1.54) is 0 Å². The molecule has 71 valence electrons. The van der Waals surface area contributed by atoms with Gasteiger partial charge in [0.15, 0.2) is 0 Å². The van der Waals surface area contributed by atoms with Crippen LogP contribution in [0.3, 0.4) is 0 Å². The Morgan fingerprint density at radius 1 is 1.00 bits per heavy atom. The second-order valence-corrected chi connectivity index (χ2v) is 1.74. The van der Waals surface area contributed by atoms with Gasteiger partial charge in [0.2, 0.25) is 0 Å². The number of carbonyl (C=O) groups is 2. The summed E-state index contributed by atoms with van der Waals surface area (Å²) in [5, 5.41) is 15.3. The van der Waals surface area contributed by atoms with Gasteiger partial charge in [-0.3, -0.25) is 9.59 Å². The molecule has 4 nitrogen and oxygen atoms in total. The average Bonchev–Trinajstić information content (AvgIpc) is 1.89. The largest absolute Gasteiger partial charge is 0.481 e. The van der Waals surface area contributed by atoms with Crippen molar-refractivity contribution in [1.29, 1.82) is 0 Å². The molecule has 0 aromatic carbocycles. The van der Waals surface area contributed by atoms with Crippen molar-refractivity contribution in [3.63, 3.8) is 0 Å². The van der Waals surface area contributed by atoms with Gasteiger partial charge in [-0.05, 0) is 0 Å². The van der Waals surface area contributed by atoms with E-state index in [1.54, 1.807) is 0 Å². The summed E-state index contributed by atoms with van der Waals surface area (Å²) in [6.07, 6.45) is 0. The van der Waals surface area contributed by atoms with E-state index in [0.29, 0.717) is 0 Å². The SMILES string of the molecule is O=C(O)CS.O=C(O)CS.[Cu]. The molecule has 7 heteroatoms. The fourth-order valence-electron chi connectivity index (χ4n) is 0. The molecule has 0 aromatic heterocycles. The maximum atomic E-state index is 9.29. The predicted octanol–water partition coefficient (Wildman–Crippen LogP) is -0.000900. The minimum absolute atomic E-state index is 0. The molecule has 0 bridgehead atoms. The van der Waals surface area contributed by atoms with Crippen LogP contribution < -0.4 is 0 Å². The van der Waals surface area contributed by atoms with E-state index in [2.05, 4.69) is 25.3 Å². The molecule has 0 fully saturated rings. The van der Waals surface area contributed by atoms with Crippen LogP contribution in [0.2, 0.25) is 0 Å². The van der Waals surface area contributed by atoms with E-state index in [-0.39, 0.29) is 28.6 Å². The summed E-state index contributed by atoms with van der Waals surface area (Å²) < 4.78 is 0. The van der Waals surface area contributed by atoms with Crippen molar-refractivity contribution in [3.05, 3.63) is 0 Å². The molecular formula is C4H8CuO4S2. The van der Waals surface area contributed by atoms with Gasteiger partial charge in [-0.2, -0.15) is 25.3 Å². The molecule has 0 aliphatic heterocycles. The van der Waals surface area contributed by atoms with E-state index in [1.807, 2.05) is 0 Å². The van der Waals surface area contributed by atoms with E-state index >= 15 is 0 Å². The Hall–Kier alpha value is 0.159. The first-order chi connectivity index (χ1) is 4.54. The zero-order chi connectivity index (χ0) is 8.57. The summed E-state index contributed by atoms with van der Waals surface area (Å²) >= 11 is 6.83. The molecule has 0 saturated heterocycles. The summed E-state index contributed by atoms with van der Waals surface area (Å²) in [5.74, 6) is -1.93. The fourth-order valence-corrected chi connectivity index (χ4v) is 0. The molecule has 0 aliphatic rings. The molecular weight excluding hydrogens is 240 g/mol. The second kappa shape index (κ2) is 12.8. The van der Waals surface area contributed by atoms with Crippen molar-refractivity contribution in [3.8, 4) is 0 Å². The van der Waals surface area contributed by atoms with Gasteiger partial charge in [-0.25, -0.2) is 0 Å². The van der Waals surface area contributed by atoms with Crippen LogP contribution in [0.1, 0.15) is 0 Å². The number of rotatable bonds is 2. The Kier molecular flexibility index (Phi) is 20.1. The monoisotopic (exact) mass is 247 g/mol. The topological polar surface area (TPSA) is 74.6 Å². The zero-order valence-corrected chi connectivity index (χ0v) is 8.05. The summed E-state index contributed by atoms with van der Waals surface area (Å²) in [6, 6.07) is 0. The van der Waals surface area contributed by atoms with Gasteiger partial charge in [0, 0.05) is 17.1 Å². The van der Waals surface area contributed by atoms with Crippen molar-refractivity contribution < 1.29 is 36.9 Å². The van der Waals surface area contributed by atoms with Gasteiger partial charge in [-0.15, -0.1) is 0 Å². The van der Waals surface area contributed by atoms with Crippen LogP contribution in [0, 0.1) is 0 Å². The molecule has 0 heterocycles. The van der Waals surface area contributed by atoms with Gasteiger partial charge >= 0.3 is 11.9 Å².